The van der Waals surface area contributed by atoms with E-state index in [2.05, 4.69) is 25.5 Å². The first-order valence-corrected chi connectivity index (χ1v) is 17.7. The van der Waals surface area contributed by atoms with Crippen molar-refractivity contribution < 1.29 is 28.4 Å². The molecule has 48 heavy (non-hydrogen) atoms. The van der Waals surface area contributed by atoms with E-state index in [4.69, 9.17) is 19.4 Å². The Hall–Kier alpha value is -4.50. The molecule has 3 aliphatic heterocycles. The molecule has 4 aliphatic rings. The number of hydrogen-bond acceptors (Lipinski definition) is 12. The predicted molar refractivity (Wildman–Crippen MR) is 177 cm³/mol. The Labute approximate surface area is 281 Å². The van der Waals surface area contributed by atoms with Crippen molar-refractivity contribution in [3.05, 3.63) is 53.7 Å². The van der Waals surface area contributed by atoms with E-state index in [-0.39, 0.29) is 31.5 Å². The van der Waals surface area contributed by atoms with E-state index in [1.807, 2.05) is 19.3 Å². The van der Waals surface area contributed by atoms with Crippen LogP contribution >= 0.6 is 0 Å². The molecule has 1 aromatic carbocycles. The van der Waals surface area contributed by atoms with Crippen molar-refractivity contribution >= 4 is 46.5 Å². The number of anilines is 3. The molecular weight excluding hydrogens is 636 g/mol. The van der Waals surface area contributed by atoms with Crippen LogP contribution in [0.5, 0.6) is 5.75 Å². The van der Waals surface area contributed by atoms with Gasteiger partial charge in [0.2, 0.25) is 16.8 Å². The number of benzene rings is 1. The van der Waals surface area contributed by atoms with Gasteiger partial charge >= 0.3 is 12.0 Å². The van der Waals surface area contributed by atoms with Gasteiger partial charge in [-0.05, 0) is 80.0 Å². The zero-order chi connectivity index (χ0) is 33.3. The second kappa shape index (κ2) is 13.5. The Morgan fingerprint density at radius 2 is 1.83 bits per heavy atom. The van der Waals surface area contributed by atoms with Crippen LogP contribution in [0.3, 0.4) is 0 Å². The van der Waals surface area contributed by atoms with Gasteiger partial charge in [0.1, 0.15) is 29.6 Å². The third kappa shape index (κ3) is 6.88. The number of amides is 3. The van der Waals surface area contributed by atoms with Gasteiger partial charge in [-0.1, -0.05) is 0 Å². The van der Waals surface area contributed by atoms with Crippen LogP contribution in [0, 0.1) is 6.92 Å². The summed E-state index contributed by atoms with van der Waals surface area (Å²) in [5.74, 6) is 2.50. The van der Waals surface area contributed by atoms with Crippen molar-refractivity contribution in [2.75, 3.05) is 53.7 Å². The van der Waals surface area contributed by atoms with Gasteiger partial charge in [0.05, 0.1) is 5.54 Å². The lowest BCUT2D eigenvalue weighted by molar-refractivity contribution is -0.148. The molecule has 3 fully saturated rings. The summed E-state index contributed by atoms with van der Waals surface area (Å²) >= 11 is -1.20. The molecule has 0 bridgehead atoms. The van der Waals surface area contributed by atoms with E-state index in [0.29, 0.717) is 46.8 Å². The van der Waals surface area contributed by atoms with Crippen molar-refractivity contribution in [3.8, 4) is 5.75 Å². The van der Waals surface area contributed by atoms with Gasteiger partial charge in [-0.25, -0.2) is 24.5 Å². The van der Waals surface area contributed by atoms with Crippen LogP contribution in [0.4, 0.5) is 22.2 Å². The SMILES string of the molecule is Cc1cnc(C2CCN(c3nc4c(c(NC5(COC(=O)COc6ccc(N7CCC(=O)NC7=O)cc6)CCC5)n3)[S@+]([O-])CC4)CC2)nc1. The lowest BCUT2D eigenvalue weighted by Gasteiger charge is -2.42. The maximum Gasteiger partial charge on any atom is 0.344 e. The standard InChI is InChI=1S/C33H38N8O6S/c1-21-17-34-29(35-18-21)22-7-13-40(14-8-22)31-36-25-10-16-48(45)28(25)30(38-31)39-33(11-2-12-33)20-47-27(43)19-46-24-5-3-23(4-6-24)41-15-9-26(42)37-32(41)44/h3-6,17-18,22H,2,7-16,19-20H2,1H3,(H,36,38,39)(H,37,42,44)/t48-/m1/s1. The number of urea groups is 1. The largest absolute Gasteiger partial charge is 0.611 e. The van der Waals surface area contributed by atoms with E-state index in [1.54, 1.807) is 24.3 Å². The second-order valence-corrected chi connectivity index (χ2v) is 14.3. The Bertz CT molecular complexity index is 1680. The molecule has 1 saturated carbocycles. The second-order valence-electron chi connectivity index (χ2n) is 12.8. The number of aromatic nitrogens is 4. The van der Waals surface area contributed by atoms with Gasteiger partial charge in [0, 0.05) is 56.5 Å². The highest BCUT2D eigenvalue weighted by Gasteiger charge is 2.42. The number of piperidine rings is 1. The molecule has 0 spiro atoms. The Balaban J connectivity index is 0.959. The lowest BCUT2D eigenvalue weighted by Crippen LogP contribution is -2.50. The number of fused-ring (bicyclic) bond motifs is 1. The molecule has 0 unspecified atom stereocenters. The summed E-state index contributed by atoms with van der Waals surface area (Å²) in [5, 5.41) is 5.84. The van der Waals surface area contributed by atoms with Gasteiger partial charge in [-0.2, -0.15) is 4.98 Å². The zero-order valence-electron chi connectivity index (χ0n) is 26.8. The number of imide groups is 1. The minimum Gasteiger partial charge on any atom is -0.611 e. The number of hydrogen-bond donors (Lipinski definition) is 2. The first-order valence-electron chi connectivity index (χ1n) is 16.4. The van der Waals surface area contributed by atoms with E-state index in [0.717, 1.165) is 62.3 Å². The summed E-state index contributed by atoms with van der Waals surface area (Å²) in [6.07, 6.45) is 8.89. The molecule has 3 aromatic rings. The predicted octanol–water partition coefficient (Wildman–Crippen LogP) is 3.03. The molecule has 0 radical (unpaired) electrons. The van der Waals surface area contributed by atoms with E-state index < -0.39 is 28.7 Å². The fourth-order valence-corrected chi connectivity index (χ4v) is 7.76. The van der Waals surface area contributed by atoms with Crippen LogP contribution in [-0.2, 0) is 31.9 Å². The van der Waals surface area contributed by atoms with Crippen molar-refractivity contribution in [1.29, 1.82) is 0 Å². The molecule has 2 N–H and O–H groups in total. The van der Waals surface area contributed by atoms with E-state index in [9.17, 15) is 18.9 Å². The zero-order valence-corrected chi connectivity index (χ0v) is 27.6. The first kappa shape index (κ1) is 32.1. The molecule has 14 nitrogen and oxygen atoms in total. The first-order chi connectivity index (χ1) is 23.2. The third-order valence-corrected chi connectivity index (χ3v) is 10.8. The Kier molecular flexibility index (Phi) is 9.05. The highest BCUT2D eigenvalue weighted by Crippen LogP contribution is 2.40. The Morgan fingerprint density at radius 1 is 1.08 bits per heavy atom. The fraction of sp³-hybridized carbons (Fsp3) is 0.485. The Morgan fingerprint density at radius 3 is 2.52 bits per heavy atom. The van der Waals surface area contributed by atoms with Crippen LogP contribution in [0.2, 0.25) is 0 Å². The number of nitrogens with one attached hydrogen (secondary N) is 2. The van der Waals surface area contributed by atoms with E-state index >= 15 is 0 Å². The van der Waals surface area contributed by atoms with E-state index in [1.165, 1.54) is 4.90 Å². The van der Waals surface area contributed by atoms with Gasteiger partial charge in [-0.15, -0.1) is 0 Å². The summed E-state index contributed by atoms with van der Waals surface area (Å²) in [6, 6.07) is 6.25. The summed E-state index contributed by atoms with van der Waals surface area (Å²) < 4.78 is 24.4. The van der Waals surface area contributed by atoms with Gasteiger partial charge in [-0.3, -0.25) is 15.0 Å². The van der Waals surface area contributed by atoms with Crippen LogP contribution < -0.4 is 25.2 Å². The summed E-state index contributed by atoms with van der Waals surface area (Å²) in [6.45, 7) is 3.66. The number of rotatable bonds is 10. The highest BCUT2D eigenvalue weighted by atomic mass is 32.2. The molecular formula is C33H38N8O6S. The van der Waals surface area contributed by atoms with Gasteiger partial charge < -0.3 is 24.2 Å². The van der Waals surface area contributed by atoms with Crippen LogP contribution in [0.25, 0.3) is 0 Å². The molecule has 3 amide bonds. The topological polar surface area (TPSA) is 175 Å². The minimum atomic E-state index is -1.20. The summed E-state index contributed by atoms with van der Waals surface area (Å²) in [4.78, 5) is 59.4. The molecule has 252 valence electrons. The van der Waals surface area contributed by atoms with Gasteiger partial charge in [0.15, 0.2) is 12.4 Å². The summed E-state index contributed by atoms with van der Waals surface area (Å²) in [5.41, 5.74) is 1.96. The van der Waals surface area contributed by atoms with Crippen molar-refractivity contribution in [2.24, 2.45) is 0 Å². The maximum absolute atomic E-state index is 13.0. The lowest BCUT2D eigenvalue weighted by atomic mass is 9.77. The normalized spacial score (nSPS) is 20.5. The minimum absolute atomic E-state index is 0.125. The quantitative estimate of drug-likeness (QED) is 0.238. The number of carbonyl (C=O) groups is 3. The highest BCUT2D eigenvalue weighted by molar-refractivity contribution is 7.91. The van der Waals surface area contributed by atoms with Crippen molar-refractivity contribution in [3.63, 3.8) is 0 Å². The maximum atomic E-state index is 13.0. The molecule has 5 heterocycles. The van der Waals surface area contributed by atoms with Crippen molar-refractivity contribution in [1.82, 2.24) is 25.3 Å². The molecule has 7 rings (SSSR count). The third-order valence-electron chi connectivity index (χ3n) is 9.38. The van der Waals surface area contributed by atoms with Crippen LogP contribution in [-0.4, -0.2) is 86.5 Å². The van der Waals surface area contributed by atoms with Crippen LogP contribution in [0.1, 0.15) is 61.5 Å². The number of nitrogens with zero attached hydrogens (tertiary/aromatic N) is 6. The number of ether oxygens (including phenoxy) is 2. The van der Waals surface area contributed by atoms with Gasteiger partial charge in [0.25, 0.3) is 0 Å². The smallest absolute Gasteiger partial charge is 0.344 e. The molecule has 15 heteroatoms. The van der Waals surface area contributed by atoms with Crippen LogP contribution in [0.15, 0.2) is 41.6 Å². The molecule has 1 aliphatic carbocycles. The number of aryl methyl sites for hydroxylation is 2. The fourth-order valence-electron chi connectivity index (χ4n) is 6.46. The molecule has 2 aromatic heterocycles. The van der Waals surface area contributed by atoms with Crippen molar-refractivity contribution in [2.45, 2.75) is 68.2 Å². The molecule has 2 saturated heterocycles. The monoisotopic (exact) mass is 674 g/mol. The number of esters is 1. The average Bonchev–Trinajstić information content (AvgIpc) is 3.46. The summed E-state index contributed by atoms with van der Waals surface area (Å²) in [7, 11) is 0. The number of carbonyl (C=O) groups excluding carboxylic acids is 3. The molecule has 1 atom stereocenters. The average molecular weight is 675 g/mol.